The Morgan fingerprint density at radius 2 is 1.97 bits per heavy atom. The lowest BCUT2D eigenvalue weighted by Gasteiger charge is -2.29. The second-order valence-corrected chi connectivity index (χ2v) is 8.42. The quantitative estimate of drug-likeness (QED) is 0.650. The molecule has 10 nitrogen and oxygen atoms in total. The molecule has 11 heteroatoms. The average Bonchev–Trinajstić information content (AvgIpc) is 3.25. The molecule has 1 aliphatic heterocycles. The van der Waals surface area contributed by atoms with Crippen molar-refractivity contribution in [1.29, 1.82) is 0 Å². The Balaban J connectivity index is 2.07. The van der Waals surface area contributed by atoms with Gasteiger partial charge in [-0.3, -0.25) is 13.9 Å². The summed E-state index contributed by atoms with van der Waals surface area (Å²) in [5.74, 6) is -0.922. The van der Waals surface area contributed by atoms with Gasteiger partial charge >= 0.3 is 11.7 Å². The molecule has 0 aliphatic carbocycles. The maximum absolute atomic E-state index is 13.0. The molecule has 2 aromatic rings. The number of primary amides is 1. The number of methoxy groups -OCH3 is 1. The highest BCUT2D eigenvalue weighted by Crippen LogP contribution is 2.30. The molecular weight excluding hydrogens is 412 g/mol. The van der Waals surface area contributed by atoms with Crippen molar-refractivity contribution in [3.05, 3.63) is 31.3 Å². The van der Waals surface area contributed by atoms with Crippen LogP contribution in [0.3, 0.4) is 0 Å². The number of carbonyl (C=O) groups excluding carboxylic acids is 1. The molecule has 0 atom stereocenters. The second-order valence-electron chi connectivity index (χ2n) is 7.33. The highest BCUT2D eigenvalue weighted by Gasteiger charge is 2.35. The van der Waals surface area contributed by atoms with E-state index in [0.717, 1.165) is 10.4 Å². The summed E-state index contributed by atoms with van der Waals surface area (Å²) in [6.45, 7) is 7.52. The molecule has 3 rings (SSSR count). The van der Waals surface area contributed by atoms with Gasteiger partial charge in [-0.15, -0.1) is 11.3 Å². The van der Waals surface area contributed by atoms with Gasteiger partial charge < -0.3 is 24.8 Å². The van der Waals surface area contributed by atoms with E-state index in [0.29, 0.717) is 36.6 Å². The molecule has 1 aliphatic rings. The molecule has 0 radical (unpaired) electrons. The fourth-order valence-corrected chi connectivity index (χ4v) is 4.96. The highest BCUT2D eigenvalue weighted by molar-refractivity contribution is 7.18. The van der Waals surface area contributed by atoms with Crippen LogP contribution in [-0.4, -0.2) is 59.3 Å². The summed E-state index contributed by atoms with van der Waals surface area (Å²) in [6.07, 6.45) is 0. The summed E-state index contributed by atoms with van der Waals surface area (Å²) in [4.78, 5) is 40.7. The maximum Gasteiger partial charge on any atom is 0.332 e. The zero-order valence-corrected chi connectivity index (χ0v) is 18.5. The number of hydrogen-bond acceptors (Lipinski definition) is 7. The smallest absolute Gasteiger partial charge is 0.332 e. The summed E-state index contributed by atoms with van der Waals surface area (Å²) in [5, 5.41) is 0.483. The summed E-state index contributed by atoms with van der Waals surface area (Å²) in [6, 6.07) is -0.616. The number of aromatic nitrogens is 2. The SMILES string of the molecule is CCn1c(=O)c2c(C)c(CN(CC3(C)OCCO3)C(N)=O)sc2n(CCOC)c1=O. The van der Waals surface area contributed by atoms with E-state index in [1.54, 1.807) is 25.5 Å². The van der Waals surface area contributed by atoms with Crippen LogP contribution < -0.4 is 17.0 Å². The van der Waals surface area contributed by atoms with Crippen LogP contribution in [0.25, 0.3) is 10.2 Å². The predicted molar refractivity (Wildman–Crippen MR) is 113 cm³/mol. The van der Waals surface area contributed by atoms with Gasteiger partial charge in [0.05, 0.1) is 44.8 Å². The largest absolute Gasteiger partial charge is 0.383 e. The zero-order valence-electron chi connectivity index (χ0n) is 17.7. The van der Waals surface area contributed by atoms with Crippen molar-refractivity contribution < 1.29 is 19.0 Å². The monoisotopic (exact) mass is 440 g/mol. The van der Waals surface area contributed by atoms with Crippen molar-refractivity contribution in [2.24, 2.45) is 5.73 Å². The van der Waals surface area contributed by atoms with Crippen molar-refractivity contribution in [3.8, 4) is 0 Å². The van der Waals surface area contributed by atoms with Crippen LogP contribution in [0, 0.1) is 6.92 Å². The normalized spacial score (nSPS) is 15.7. The number of nitrogens with two attached hydrogens (primary N) is 1. The molecule has 30 heavy (non-hydrogen) atoms. The molecule has 3 heterocycles. The van der Waals surface area contributed by atoms with Crippen LogP contribution in [0.4, 0.5) is 4.79 Å². The Morgan fingerprint density at radius 3 is 2.53 bits per heavy atom. The Labute approximate surface area is 177 Å². The van der Waals surface area contributed by atoms with E-state index in [2.05, 4.69) is 0 Å². The van der Waals surface area contributed by atoms with Gasteiger partial charge in [0, 0.05) is 18.5 Å². The van der Waals surface area contributed by atoms with Gasteiger partial charge in [-0.1, -0.05) is 0 Å². The van der Waals surface area contributed by atoms with Gasteiger partial charge in [0.25, 0.3) is 5.56 Å². The van der Waals surface area contributed by atoms with E-state index in [1.165, 1.54) is 20.8 Å². The topological polar surface area (TPSA) is 118 Å². The fourth-order valence-electron chi connectivity index (χ4n) is 3.63. The number of thiophene rings is 1. The number of urea groups is 1. The number of nitrogens with zero attached hydrogens (tertiary/aromatic N) is 3. The van der Waals surface area contributed by atoms with Crippen molar-refractivity contribution in [2.45, 2.75) is 46.2 Å². The third-order valence-corrected chi connectivity index (χ3v) is 6.55. The Bertz CT molecular complexity index is 1050. The van der Waals surface area contributed by atoms with E-state index < -0.39 is 11.8 Å². The van der Waals surface area contributed by atoms with Crippen LogP contribution in [0.1, 0.15) is 24.3 Å². The van der Waals surface area contributed by atoms with E-state index in [1.807, 2.05) is 6.92 Å². The summed E-state index contributed by atoms with van der Waals surface area (Å²) >= 11 is 1.31. The van der Waals surface area contributed by atoms with E-state index in [-0.39, 0.29) is 30.9 Å². The molecule has 166 valence electrons. The van der Waals surface area contributed by atoms with Crippen molar-refractivity contribution in [1.82, 2.24) is 14.0 Å². The van der Waals surface area contributed by atoms with Gasteiger partial charge in [0.15, 0.2) is 5.79 Å². The highest BCUT2D eigenvalue weighted by atomic mass is 32.1. The first-order valence-corrected chi connectivity index (χ1v) is 10.6. The lowest BCUT2D eigenvalue weighted by molar-refractivity contribution is -0.151. The summed E-state index contributed by atoms with van der Waals surface area (Å²) < 4.78 is 19.1. The third kappa shape index (κ3) is 4.15. The minimum Gasteiger partial charge on any atom is -0.383 e. The average molecular weight is 441 g/mol. The summed E-state index contributed by atoms with van der Waals surface area (Å²) in [5.41, 5.74) is 5.64. The lowest BCUT2D eigenvalue weighted by atomic mass is 10.2. The molecule has 2 aromatic heterocycles. The first kappa shape index (κ1) is 22.5. The number of aryl methyl sites for hydroxylation is 1. The molecule has 1 fully saturated rings. The Kier molecular flexibility index (Phi) is 6.65. The van der Waals surface area contributed by atoms with Crippen LogP contribution in [0.2, 0.25) is 0 Å². The number of fused-ring (bicyclic) bond motifs is 1. The Morgan fingerprint density at radius 1 is 1.30 bits per heavy atom. The molecule has 1 saturated heterocycles. The van der Waals surface area contributed by atoms with Gasteiger partial charge in [0.1, 0.15) is 4.83 Å². The molecule has 2 amide bonds. The van der Waals surface area contributed by atoms with Crippen LogP contribution >= 0.6 is 11.3 Å². The first-order chi connectivity index (χ1) is 14.2. The van der Waals surface area contributed by atoms with Gasteiger partial charge in [-0.25, -0.2) is 9.59 Å². The van der Waals surface area contributed by atoms with Crippen LogP contribution in [0.5, 0.6) is 0 Å². The van der Waals surface area contributed by atoms with Gasteiger partial charge in [-0.2, -0.15) is 0 Å². The molecule has 0 aromatic carbocycles. The minimum atomic E-state index is -0.922. The van der Waals surface area contributed by atoms with Gasteiger partial charge in [-0.05, 0) is 26.3 Å². The molecule has 0 saturated carbocycles. The predicted octanol–water partition coefficient (Wildman–Crippen LogP) is 0.843. The van der Waals surface area contributed by atoms with Crippen molar-refractivity contribution >= 4 is 27.6 Å². The molecule has 0 spiro atoms. The number of amides is 2. The molecule has 0 unspecified atom stereocenters. The number of ether oxygens (including phenoxy) is 3. The number of carbonyl (C=O) groups is 1. The van der Waals surface area contributed by atoms with E-state index in [9.17, 15) is 14.4 Å². The fraction of sp³-hybridized carbons (Fsp3) is 0.632. The number of rotatable bonds is 8. The first-order valence-electron chi connectivity index (χ1n) is 9.79. The molecule has 2 N–H and O–H groups in total. The third-order valence-electron chi connectivity index (χ3n) is 5.25. The molecule has 0 bridgehead atoms. The van der Waals surface area contributed by atoms with Crippen molar-refractivity contribution in [3.63, 3.8) is 0 Å². The number of hydrogen-bond donors (Lipinski definition) is 1. The van der Waals surface area contributed by atoms with Gasteiger partial charge in [0.2, 0.25) is 0 Å². The van der Waals surface area contributed by atoms with Crippen LogP contribution in [-0.2, 0) is 33.8 Å². The Hall–Kier alpha value is -2.21. The summed E-state index contributed by atoms with van der Waals surface area (Å²) in [7, 11) is 1.56. The van der Waals surface area contributed by atoms with E-state index >= 15 is 0 Å². The maximum atomic E-state index is 13.0. The lowest BCUT2D eigenvalue weighted by Crippen LogP contribution is -2.46. The van der Waals surface area contributed by atoms with Crippen LogP contribution in [0.15, 0.2) is 9.59 Å². The van der Waals surface area contributed by atoms with Crippen molar-refractivity contribution in [2.75, 3.05) is 33.5 Å². The minimum absolute atomic E-state index is 0.158. The molecular formula is C19H28N4O6S. The standard InChI is InChI=1S/C19H28N4O6S/c1-5-22-15(24)14-12(2)13(30-16(14)23(18(22)26)6-7-27-4)10-21(17(20)25)11-19(3)28-8-9-29-19/h5-11H2,1-4H3,(H2,20,25). The van der Waals surface area contributed by atoms with E-state index in [4.69, 9.17) is 19.9 Å². The second kappa shape index (κ2) is 8.88. The zero-order chi connectivity index (χ0) is 22.1.